The minimum absolute atomic E-state index is 0.0744. The Hall–Kier alpha value is -1.67. The smallest absolute Gasteiger partial charge is 0.326 e. The maximum Gasteiger partial charge on any atom is 0.326 e. The van der Waals surface area contributed by atoms with E-state index in [4.69, 9.17) is 4.74 Å². The lowest BCUT2D eigenvalue weighted by molar-refractivity contribution is -0.150. The van der Waals surface area contributed by atoms with Gasteiger partial charge in [0, 0.05) is 31.2 Å². The van der Waals surface area contributed by atoms with Crippen molar-refractivity contribution in [2.45, 2.75) is 37.8 Å². The molecular formula is C17H19BrFN3O3. The van der Waals surface area contributed by atoms with Gasteiger partial charge >= 0.3 is 11.7 Å². The van der Waals surface area contributed by atoms with Crippen LogP contribution in [-0.4, -0.2) is 46.2 Å². The van der Waals surface area contributed by atoms with Crippen molar-refractivity contribution in [2.75, 3.05) is 19.7 Å². The van der Waals surface area contributed by atoms with E-state index in [0.29, 0.717) is 23.0 Å². The molecule has 25 heavy (non-hydrogen) atoms. The maximum absolute atomic E-state index is 13.7. The third-order valence-electron chi connectivity index (χ3n) is 5.26. The molecule has 0 saturated carbocycles. The summed E-state index contributed by atoms with van der Waals surface area (Å²) in [6.07, 6.45) is 2.97. The van der Waals surface area contributed by atoms with Crippen LogP contribution in [0.15, 0.2) is 21.4 Å². The van der Waals surface area contributed by atoms with E-state index in [-0.39, 0.29) is 29.6 Å². The first-order valence-electron chi connectivity index (χ1n) is 8.52. The summed E-state index contributed by atoms with van der Waals surface area (Å²) in [5.74, 6) is -0.516. The first kappa shape index (κ1) is 16.8. The van der Waals surface area contributed by atoms with Gasteiger partial charge in [0.25, 0.3) is 0 Å². The van der Waals surface area contributed by atoms with E-state index < -0.39 is 0 Å². The van der Waals surface area contributed by atoms with Crippen LogP contribution in [-0.2, 0) is 9.53 Å². The van der Waals surface area contributed by atoms with Crippen molar-refractivity contribution in [1.82, 2.24) is 14.5 Å². The minimum Gasteiger partial charge on any atom is -0.466 e. The quantitative estimate of drug-likeness (QED) is 0.771. The molecule has 8 heteroatoms. The van der Waals surface area contributed by atoms with Crippen LogP contribution in [0.3, 0.4) is 0 Å². The summed E-state index contributed by atoms with van der Waals surface area (Å²) in [4.78, 5) is 28.9. The molecule has 2 aromatic rings. The molecule has 1 atom stereocenters. The molecule has 0 amide bonds. The molecule has 1 unspecified atom stereocenters. The van der Waals surface area contributed by atoms with Gasteiger partial charge in [0.05, 0.1) is 28.5 Å². The topological polar surface area (TPSA) is 67.3 Å². The summed E-state index contributed by atoms with van der Waals surface area (Å²) >= 11 is 3.19. The number of benzene rings is 1. The Labute approximate surface area is 152 Å². The lowest BCUT2D eigenvalue weighted by Crippen LogP contribution is -2.46. The zero-order valence-electron chi connectivity index (χ0n) is 13.6. The largest absolute Gasteiger partial charge is 0.466 e. The number of cyclic esters (lactones) is 1. The highest BCUT2D eigenvalue weighted by atomic mass is 79.9. The number of aromatic amines is 1. The van der Waals surface area contributed by atoms with Gasteiger partial charge in [-0.3, -0.25) is 14.3 Å². The predicted octanol–water partition coefficient (Wildman–Crippen LogP) is 2.57. The summed E-state index contributed by atoms with van der Waals surface area (Å²) in [5.41, 5.74) is 1.04. The van der Waals surface area contributed by atoms with E-state index in [2.05, 4.69) is 25.8 Å². The first-order chi connectivity index (χ1) is 12.0. The lowest BCUT2D eigenvalue weighted by atomic mass is 9.99. The number of aromatic nitrogens is 2. The maximum atomic E-state index is 13.7. The number of fused-ring (bicyclic) bond motifs is 1. The number of nitrogens with zero attached hydrogens (tertiary/aromatic N) is 2. The average Bonchev–Trinajstić information content (AvgIpc) is 2.90. The molecule has 4 rings (SSSR count). The van der Waals surface area contributed by atoms with Crippen LogP contribution in [0.25, 0.3) is 11.0 Å². The number of rotatable bonds is 2. The highest BCUT2D eigenvalue weighted by Crippen LogP contribution is 2.29. The molecule has 0 spiro atoms. The van der Waals surface area contributed by atoms with Gasteiger partial charge in [0.15, 0.2) is 0 Å². The SMILES string of the molecule is O=C1CC(N2CCC(n3c(=O)[nH]c4cc(F)c(Br)cc43)CC2)CCO1. The van der Waals surface area contributed by atoms with Crippen molar-refractivity contribution in [3.05, 3.63) is 32.9 Å². The van der Waals surface area contributed by atoms with Crippen molar-refractivity contribution in [1.29, 1.82) is 0 Å². The van der Waals surface area contributed by atoms with Gasteiger partial charge in [-0.05, 0) is 41.3 Å². The predicted molar refractivity (Wildman–Crippen MR) is 94.0 cm³/mol. The van der Waals surface area contributed by atoms with Crippen LogP contribution in [0.1, 0.15) is 31.7 Å². The van der Waals surface area contributed by atoms with E-state index in [1.807, 2.05) is 0 Å². The second kappa shape index (κ2) is 6.57. The number of likely N-dealkylation sites (tertiary alicyclic amines) is 1. The first-order valence-corrected chi connectivity index (χ1v) is 9.31. The van der Waals surface area contributed by atoms with Gasteiger partial charge < -0.3 is 9.72 Å². The van der Waals surface area contributed by atoms with Crippen molar-refractivity contribution < 1.29 is 13.9 Å². The normalized spacial score (nSPS) is 23.1. The Morgan fingerprint density at radius 2 is 1.92 bits per heavy atom. The number of hydrogen-bond donors (Lipinski definition) is 1. The van der Waals surface area contributed by atoms with Crippen LogP contribution >= 0.6 is 15.9 Å². The molecular weight excluding hydrogens is 393 g/mol. The Balaban J connectivity index is 1.54. The van der Waals surface area contributed by atoms with Crippen molar-refractivity contribution in [3.63, 3.8) is 0 Å². The van der Waals surface area contributed by atoms with Gasteiger partial charge in [-0.2, -0.15) is 0 Å². The Morgan fingerprint density at radius 1 is 1.16 bits per heavy atom. The van der Waals surface area contributed by atoms with Gasteiger partial charge in [-0.15, -0.1) is 0 Å². The van der Waals surface area contributed by atoms with E-state index in [1.165, 1.54) is 6.07 Å². The summed E-state index contributed by atoms with van der Waals surface area (Å²) < 4.78 is 20.8. The van der Waals surface area contributed by atoms with Gasteiger partial charge in [-0.25, -0.2) is 9.18 Å². The van der Waals surface area contributed by atoms with Crippen molar-refractivity contribution in [3.8, 4) is 0 Å². The highest BCUT2D eigenvalue weighted by molar-refractivity contribution is 9.10. The molecule has 3 heterocycles. The van der Waals surface area contributed by atoms with Gasteiger partial charge in [-0.1, -0.05) is 0 Å². The number of carbonyl (C=O) groups excluding carboxylic acids is 1. The Bertz CT molecular complexity index is 870. The fraction of sp³-hybridized carbons (Fsp3) is 0.529. The van der Waals surface area contributed by atoms with E-state index in [1.54, 1.807) is 10.6 Å². The molecule has 1 aromatic heterocycles. The van der Waals surface area contributed by atoms with Crippen LogP contribution in [0, 0.1) is 5.82 Å². The highest BCUT2D eigenvalue weighted by Gasteiger charge is 2.31. The van der Waals surface area contributed by atoms with Crippen LogP contribution in [0.5, 0.6) is 0 Å². The summed E-state index contributed by atoms with van der Waals surface area (Å²) in [5, 5.41) is 0. The molecule has 134 valence electrons. The number of ether oxygens (including phenoxy) is 1. The number of carbonyl (C=O) groups is 1. The molecule has 2 saturated heterocycles. The number of halogens is 2. The number of esters is 1. The number of nitrogens with one attached hydrogen (secondary N) is 1. The molecule has 2 aliphatic heterocycles. The molecule has 1 N–H and O–H groups in total. The molecule has 2 fully saturated rings. The van der Waals surface area contributed by atoms with Crippen molar-refractivity contribution >= 4 is 32.9 Å². The second-order valence-corrected chi connectivity index (χ2v) is 7.57. The number of H-pyrrole nitrogens is 1. The Kier molecular flexibility index (Phi) is 4.41. The number of piperidine rings is 1. The van der Waals surface area contributed by atoms with Crippen LogP contribution < -0.4 is 5.69 Å². The second-order valence-electron chi connectivity index (χ2n) is 6.72. The van der Waals surface area contributed by atoms with E-state index in [0.717, 1.165) is 37.9 Å². The lowest BCUT2D eigenvalue weighted by Gasteiger charge is -2.38. The molecule has 0 bridgehead atoms. The third kappa shape index (κ3) is 3.13. The Morgan fingerprint density at radius 3 is 2.64 bits per heavy atom. The van der Waals surface area contributed by atoms with E-state index >= 15 is 0 Å². The average molecular weight is 412 g/mol. The third-order valence-corrected chi connectivity index (χ3v) is 5.86. The molecule has 6 nitrogen and oxygen atoms in total. The molecule has 2 aliphatic rings. The van der Waals surface area contributed by atoms with Crippen LogP contribution in [0.4, 0.5) is 4.39 Å². The molecule has 1 aromatic carbocycles. The zero-order chi connectivity index (χ0) is 17.6. The molecule has 0 aliphatic carbocycles. The summed E-state index contributed by atoms with van der Waals surface area (Å²) in [7, 11) is 0. The summed E-state index contributed by atoms with van der Waals surface area (Å²) in [6, 6.07) is 3.32. The fourth-order valence-electron chi connectivity index (χ4n) is 3.97. The summed E-state index contributed by atoms with van der Waals surface area (Å²) in [6.45, 7) is 2.17. The van der Waals surface area contributed by atoms with Gasteiger partial charge in [0.2, 0.25) is 0 Å². The van der Waals surface area contributed by atoms with Gasteiger partial charge in [0.1, 0.15) is 5.82 Å². The van der Waals surface area contributed by atoms with E-state index in [9.17, 15) is 14.0 Å². The number of hydrogen-bond acceptors (Lipinski definition) is 4. The molecule has 0 radical (unpaired) electrons. The minimum atomic E-state index is -0.389. The fourth-order valence-corrected chi connectivity index (χ4v) is 4.30. The van der Waals surface area contributed by atoms with Crippen molar-refractivity contribution in [2.24, 2.45) is 0 Å². The standard InChI is InChI=1S/C17H19BrFN3O3/c18-12-8-15-14(9-13(12)19)20-17(24)22(15)10-1-4-21(5-2-10)11-3-6-25-16(23)7-11/h8-11H,1-7H2,(H,20,24). The monoisotopic (exact) mass is 411 g/mol. The zero-order valence-corrected chi connectivity index (χ0v) is 15.2. The number of imidazole rings is 1. The van der Waals surface area contributed by atoms with Crippen LogP contribution in [0.2, 0.25) is 0 Å².